The maximum Gasteiger partial charge on any atom is 0.261 e. The summed E-state index contributed by atoms with van der Waals surface area (Å²) in [5.74, 6) is 0.0742. The lowest BCUT2D eigenvalue weighted by molar-refractivity contribution is 0.0946. The van der Waals surface area contributed by atoms with Gasteiger partial charge in [-0.1, -0.05) is 6.42 Å². The predicted octanol–water partition coefficient (Wildman–Crippen LogP) is 4.11. The molecule has 0 spiro atoms. The normalized spacial score (nSPS) is 16.0. The van der Waals surface area contributed by atoms with E-state index in [9.17, 15) is 4.79 Å². The van der Waals surface area contributed by atoms with Gasteiger partial charge in [0.05, 0.1) is 10.9 Å². The largest absolute Gasteiger partial charge is 0.349 e. The van der Waals surface area contributed by atoms with Crippen LogP contribution in [0.4, 0.5) is 0 Å². The van der Waals surface area contributed by atoms with E-state index in [4.69, 9.17) is 0 Å². The molecule has 0 saturated carbocycles. The van der Waals surface area contributed by atoms with Crippen LogP contribution in [0, 0.1) is 0 Å². The number of nitrogens with zero attached hydrogens (tertiary/aromatic N) is 1. The van der Waals surface area contributed by atoms with Gasteiger partial charge in [0.2, 0.25) is 0 Å². The van der Waals surface area contributed by atoms with Gasteiger partial charge >= 0.3 is 0 Å². The summed E-state index contributed by atoms with van der Waals surface area (Å²) in [6.07, 6.45) is 6.10. The molecule has 2 aromatic heterocycles. The molecule has 0 aromatic carbocycles. The highest BCUT2D eigenvalue weighted by Gasteiger charge is 2.19. The highest BCUT2D eigenvalue weighted by atomic mass is 32.1. The Kier molecular flexibility index (Phi) is 5.51. The van der Waals surface area contributed by atoms with E-state index in [1.54, 1.807) is 22.7 Å². The fourth-order valence-corrected chi connectivity index (χ4v) is 5.00. The number of hydrogen-bond acceptors (Lipinski definition) is 4. The Morgan fingerprint density at radius 3 is 2.87 bits per heavy atom. The highest BCUT2D eigenvalue weighted by molar-refractivity contribution is 7.14. The summed E-state index contributed by atoms with van der Waals surface area (Å²) < 4.78 is 0. The number of rotatable bonds is 5. The summed E-state index contributed by atoms with van der Waals surface area (Å²) >= 11 is 3.39. The molecule has 1 amide bonds. The van der Waals surface area contributed by atoms with E-state index in [0.29, 0.717) is 6.54 Å². The average Bonchev–Trinajstić information content (AvgIpc) is 3.13. The van der Waals surface area contributed by atoms with Crippen molar-refractivity contribution in [3.63, 3.8) is 0 Å². The monoisotopic (exact) mass is 348 g/mol. The Morgan fingerprint density at radius 1 is 1.30 bits per heavy atom. The molecular formula is C18H24N2OS2. The molecule has 2 aromatic rings. The molecular weight excluding hydrogens is 324 g/mol. The standard InChI is InChI=1S/C18H24N2OS2/c1-20(2)15(14-8-9-22-12-14)11-19-18(21)17-10-13-6-4-3-5-7-16(13)23-17/h8-10,12,15H,3-7,11H2,1-2H3,(H,19,21)/t15-/m0/s1. The van der Waals surface area contributed by atoms with Crippen LogP contribution < -0.4 is 5.32 Å². The van der Waals surface area contributed by atoms with Gasteiger partial charge in [0.1, 0.15) is 0 Å². The Bertz CT molecular complexity index is 623. The van der Waals surface area contributed by atoms with Gasteiger partial charge in [0.25, 0.3) is 5.91 Å². The number of amides is 1. The fourth-order valence-electron chi connectivity index (χ4n) is 3.12. The van der Waals surface area contributed by atoms with Gasteiger partial charge in [0, 0.05) is 11.4 Å². The number of hydrogen-bond donors (Lipinski definition) is 1. The number of thiophene rings is 2. The van der Waals surface area contributed by atoms with Crippen LogP contribution >= 0.6 is 22.7 Å². The molecule has 0 bridgehead atoms. The Hall–Kier alpha value is -1.17. The number of likely N-dealkylation sites (N-methyl/N-ethyl adjacent to an activating group) is 1. The van der Waals surface area contributed by atoms with Crippen LogP contribution in [-0.2, 0) is 12.8 Å². The van der Waals surface area contributed by atoms with Crippen molar-refractivity contribution >= 4 is 28.6 Å². The Morgan fingerprint density at radius 2 is 2.13 bits per heavy atom. The number of carbonyl (C=O) groups is 1. The van der Waals surface area contributed by atoms with Crippen LogP contribution in [-0.4, -0.2) is 31.4 Å². The molecule has 3 rings (SSSR count). The molecule has 1 aliphatic carbocycles. The first-order valence-electron chi connectivity index (χ1n) is 8.23. The lowest BCUT2D eigenvalue weighted by atomic mass is 10.1. The van der Waals surface area contributed by atoms with Gasteiger partial charge in [-0.05, 0) is 73.8 Å². The quantitative estimate of drug-likeness (QED) is 0.825. The van der Waals surface area contributed by atoms with Crippen molar-refractivity contribution in [2.24, 2.45) is 0 Å². The molecule has 0 fully saturated rings. The first-order valence-corrected chi connectivity index (χ1v) is 9.99. The minimum atomic E-state index is 0.0742. The van der Waals surface area contributed by atoms with E-state index >= 15 is 0 Å². The number of fused-ring (bicyclic) bond motifs is 1. The minimum absolute atomic E-state index is 0.0742. The van der Waals surface area contributed by atoms with Gasteiger partial charge in [-0.3, -0.25) is 4.79 Å². The van der Waals surface area contributed by atoms with E-state index in [2.05, 4.69) is 47.2 Å². The topological polar surface area (TPSA) is 32.3 Å². The van der Waals surface area contributed by atoms with E-state index in [1.807, 2.05) is 0 Å². The van der Waals surface area contributed by atoms with E-state index in [1.165, 1.54) is 35.3 Å². The summed E-state index contributed by atoms with van der Waals surface area (Å²) in [5, 5.41) is 7.37. The fraction of sp³-hybridized carbons (Fsp3) is 0.500. The predicted molar refractivity (Wildman–Crippen MR) is 98.7 cm³/mol. The Balaban J connectivity index is 1.65. The molecule has 1 atom stereocenters. The summed E-state index contributed by atoms with van der Waals surface area (Å²) in [5.41, 5.74) is 2.67. The highest BCUT2D eigenvalue weighted by Crippen LogP contribution is 2.29. The molecule has 0 saturated heterocycles. The second kappa shape index (κ2) is 7.60. The zero-order valence-electron chi connectivity index (χ0n) is 13.8. The van der Waals surface area contributed by atoms with E-state index < -0.39 is 0 Å². The van der Waals surface area contributed by atoms with Crippen LogP contribution in [0.15, 0.2) is 22.9 Å². The third-order valence-corrected chi connectivity index (χ3v) is 6.41. The third kappa shape index (κ3) is 4.03. The zero-order chi connectivity index (χ0) is 16.2. The average molecular weight is 349 g/mol. The van der Waals surface area contributed by atoms with Crippen LogP contribution in [0.3, 0.4) is 0 Å². The zero-order valence-corrected chi connectivity index (χ0v) is 15.4. The van der Waals surface area contributed by atoms with Crippen LogP contribution in [0.5, 0.6) is 0 Å². The van der Waals surface area contributed by atoms with Crippen LogP contribution in [0.2, 0.25) is 0 Å². The van der Waals surface area contributed by atoms with E-state index in [0.717, 1.165) is 17.7 Å². The van der Waals surface area contributed by atoms with Gasteiger partial charge in [0.15, 0.2) is 0 Å². The van der Waals surface area contributed by atoms with E-state index in [-0.39, 0.29) is 11.9 Å². The summed E-state index contributed by atoms with van der Waals surface area (Å²) in [4.78, 5) is 17.0. The first kappa shape index (κ1) is 16.7. The lowest BCUT2D eigenvalue weighted by Crippen LogP contribution is -2.34. The smallest absolute Gasteiger partial charge is 0.261 e. The van der Waals surface area contributed by atoms with Gasteiger partial charge in [-0.25, -0.2) is 0 Å². The van der Waals surface area contributed by atoms with Crippen molar-refractivity contribution in [2.45, 2.75) is 38.1 Å². The second-order valence-corrected chi connectivity index (χ2v) is 8.28. The third-order valence-electron chi connectivity index (χ3n) is 4.48. The SMILES string of the molecule is CN(C)[C@@H](CNC(=O)c1cc2c(s1)CCCCC2)c1ccsc1. The summed E-state index contributed by atoms with van der Waals surface area (Å²) in [7, 11) is 4.11. The van der Waals surface area contributed by atoms with Gasteiger partial charge in [-0.2, -0.15) is 11.3 Å². The number of carbonyl (C=O) groups excluding carboxylic acids is 1. The Labute approximate surface area is 146 Å². The molecule has 0 unspecified atom stereocenters. The summed E-state index contributed by atoms with van der Waals surface area (Å²) in [6, 6.07) is 4.48. The van der Waals surface area contributed by atoms with Crippen molar-refractivity contribution in [3.8, 4) is 0 Å². The molecule has 3 nitrogen and oxygen atoms in total. The number of nitrogens with one attached hydrogen (secondary N) is 1. The maximum absolute atomic E-state index is 12.5. The molecule has 1 aliphatic rings. The van der Waals surface area contributed by atoms with Crippen LogP contribution in [0.25, 0.3) is 0 Å². The molecule has 23 heavy (non-hydrogen) atoms. The van der Waals surface area contributed by atoms with Crippen molar-refractivity contribution in [2.75, 3.05) is 20.6 Å². The molecule has 124 valence electrons. The van der Waals surface area contributed by atoms with Crippen molar-refractivity contribution in [1.82, 2.24) is 10.2 Å². The van der Waals surface area contributed by atoms with Gasteiger partial charge < -0.3 is 10.2 Å². The number of aryl methyl sites for hydroxylation is 2. The molecule has 5 heteroatoms. The molecule has 2 heterocycles. The van der Waals surface area contributed by atoms with Crippen molar-refractivity contribution in [1.29, 1.82) is 0 Å². The first-order chi connectivity index (χ1) is 11.1. The van der Waals surface area contributed by atoms with Gasteiger partial charge in [-0.15, -0.1) is 11.3 Å². The minimum Gasteiger partial charge on any atom is -0.349 e. The molecule has 0 aliphatic heterocycles. The maximum atomic E-state index is 12.5. The summed E-state index contributed by atoms with van der Waals surface area (Å²) in [6.45, 7) is 0.644. The van der Waals surface area contributed by atoms with Crippen molar-refractivity contribution in [3.05, 3.63) is 43.8 Å². The lowest BCUT2D eigenvalue weighted by Gasteiger charge is -2.23. The van der Waals surface area contributed by atoms with Crippen LogP contribution in [0.1, 0.15) is 51.0 Å². The molecule has 0 radical (unpaired) electrons. The second-order valence-electron chi connectivity index (χ2n) is 6.37. The van der Waals surface area contributed by atoms with Crippen molar-refractivity contribution < 1.29 is 4.79 Å². The molecule has 1 N–H and O–H groups in total.